The quantitative estimate of drug-likeness (QED) is 0.751. The monoisotopic (exact) mass is 240 g/mol. The molecule has 1 unspecified atom stereocenters. The largest absolute Gasteiger partial charge is 0.314 e. The van der Waals surface area contributed by atoms with Crippen LogP contribution in [0.1, 0.15) is 50.2 Å². The minimum Gasteiger partial charge on any atom is -0.314 e. The molecule has 1 aromatic rings. The highest BCUT2D eigenvalue weighted by molar-refractivity contribution is 7.09. The molecule has 1 N–H and O–H groups in total. The summed E-state index contributed by atoms with van der Waals surface area (Å²) in [5.74, 6) is 0. The van der Waals surface area contributed by atoms with E-state index in [-0.39, 0.29) is 0 Å². The lowest BCUT2D eigenvalue weighted by Crippen LogP contribution is -2.28. The van der Waals surface area contributed by atoms with Gasteiger partial charge >= 0.3 is 0 Å². The molecule has 1 heterocycles. The normalized spacial score (nSPS) is 12.9. The van der Waals surface area contributed by atoms with E-state index in [0.717, 1.165) is 13.0 Å². The number of hydrogen-bond acceptors (Lipinski definition) is 3. The van der Waals surface area contributed by atoms with Crippen molar-refractivity contribution >= 4 is 11.3 Å². The van der Waals surface area contributed by atoms with E-state index in [1.807, 2.05) is 0 Å². The first-order valence-electron chi connectivity index (χ1n) is 6.40. The lowest BCUT2D eigenvalue weighted by atomic mass is 10.0. The average molecular weight is 240 g/mol. The van der Waals surface area contributed by atoms with E-state index in [1.165, 1.54) is 36.4 Å². The number of hydrogen-bond donors (Lipinski definition) is 1. The molecule has 0 saturated carbocycles. The van der Waals surface area contributed by atoms with Crippen LogP contribution in [-0.4, -0.2) is 17.6 Å². The SMILES string of the molecule is CCCC(CCCc1csc(C)n1)NCC. The van der Waals surface area contributed by atoms with Crippen molar-refractivity contribution in [2.45, 2.75) is 58.9 Å². The Hall–Kier alpha value is -0.410. The van der Waals surface area contributed by atoms with E-state index in [9.17, 15) is 0 Å². The topological polar surface area (TPSA) is 24.9 Å². The van der Waals surface area contributed by atoms with Crippen LogP contribution in [0.3, 0.4) is 0 Å². The van der Waals surface area contributed by atoms with Crippen LogP contribution in [0.25, 0.3) is 0 Å². The first kappa shape index (κ1) is 13.7. The molecule has 0 amide bonds. The van der Waals surface area contributed by atoms with Crippen molar-refractivity contribution in [2.24, 2.45) is 0 Å². The van der Waals surface area contributed by atoms with Gasteiger partial charge in [-0.25, -0.2) is 4.98 Å². The van der Waals surface area contributed by atoms with Crippen LogP contribution in [0.4, 0.5) is 0 Å². The minimum absolute atomic E-state index is 0.703. The second-order valence-corrected chi connectivity index (χ2v) is 5.36. The zero-order chi connectivity index (χ0) is 11.8. The summed E-state index contributed by atoms with van der Waals surface area (Å²) in [5, 5.41) is 6.94. The molecule has 1 aromatic heterocycles. The number of nitrogens with zero attached hydrogens (tertiary/aromatic N) is 1. The summed E-state index contributed by atoms with van der Waals surface area (Å²) in [7, 11) is 0. The van der Waals surface area contributed by atoms with Gasteiger partial charge in [0.2, 0.25) is 0 Å². The van der Waals surface area contributed by atoms with Gasteiger partial charge in [-0.3, -0.25) is 0 Å². The number of nitrogens with one attached hydrogen (secondary N) is 1. The molecule has 0 aromatic carbocycles. The van der Waals surface area contributed by atoms with Gasteiger partial charge in [0.05, 0.1) is 10.7 Å². The van der Waals surface area contributed by atoms with Gasteiger partial charge in [0, 0.05) is 11.4 Å². The third-order valence-corrected chi connectivity index (χ3v) is 3.60. The van der Waals surface area contributed by atoms with E-state index >= 15 is 0 Å². The molecule has 0 spiro atoms. The van der Waals surface area contributed by atoms with Crippen LogP contribution in [0.15, 0.2) is 5.38 Å². The lowest BCUT2D eigenvalue weighted by molar-refractivity contribution is 0.447. The fourth-order valence-corrected chi connectivity index (χ4v) is 2.69. The van der Waals surface area contributed by atoms with Crippen molar-refractivity contribution in [1.29, 1.82) is 0 Å². The fraction of sp³-hybridized carbons (Fsp3) is 0.769. The Bertz CT molecular complexity index is 277. The number of thiazole rings is 1. The molecule has 0 bridgehead atoms. The maximum Gasteiger partial charge on any atom is 0.0897 e. The molecule has 1 atom stereocenters. The van der Waals surface area contributed by atoms with Gasteiger partial charge < -0.3 is 5.32 Å². The van der Waals surface area contributed by atoms with Crippen LogP contribution >= 0.6 is 11.3 Å². The van der Waals surface area contributed by atoms with Gasteiger partial charge in [-0.15, -0.1) is 11.3 Å². The maximum atomic E-state index is 4.50. The van der Waals surface area contributed by atoms with E-state index in [2.05, 4.69) is 36.5 Å². The fourth-order valence-electron chi connectivity index (χ4n) is 2.04. The summed E-state index contributed by atoms with van der Waals surface area (Å²) in [6.45, 7) is 7.60. The Kier molecular flexibility index (Phi) is 6.65. The zero-order valence-corrected chi connectivity index (χ0v) is 11.6. The first-order chi connectivity index (χ1) is 7.76. The van der Waals surface area contributed by atoms with Crippen molar-refractivity contribution in [2.75, 3.05) is 6.54 Å². The van der Waals surface area contributed by atoms with Crippen molar-refractivity contribution in [3.8, 4) is 0 Å². The third kappa shape index (κ3) is 5.08. The third-order valence-electron chi connectivity index (χ3n) is 2.78. The average Bonchev–Trinajstić information content (AvgIpc) is 2.65. The predicted octanol–water partition coefficient (Wildman–Crippen LogP) is 3.55. The standard InChI is InChI=1S/C13H24N2S/c1-4-7-12(14-5-2)8-6-9-13-10-16-11(3)15-13/h10,12,14H,4-9H2,1-3H3. The molecule has 0 saturated heterocycles. The van der Waals surface area contributed by atoms with Crippen LogP contribution in [0.5, 0.6) is 0 Å². The van der Waals surface area contributed by atoms with Crippen LogP contribution < -0.4 is 5.32 Å². The van der Waals surface area contributed by atoms with E-state index < -0.39 is 0 Å². The molecule has 0 aliphatic rings. The molecule has 3 heteroatoms. The van der Waals surface area contributed by atoms with Crippen molar-refractivity contribution < 1.29 is 0 Å². The Morgan fingerprint density at radius 3 is 2.75 bits per heavy atom. The Morgan fingerprint density at radius 1 is 1.38 bits per heavy atom. The second-order valence-electron chi connectivity index (χ2n) is 4.29. The molecule has 0 radical (unpaired) electrons. The maximum absolute atomic E-state index is 4.50. The highest BCUT2D eigenvalue weighted by atomic mass is 32.1. The molecule has 1 rings (SSSR count). The Morgan fingerprint density at radius 2 is 2.19 bits per heavy atom. The summed E-state index contributed by atoms with van der Waals surface area (Å²) >= 11 is 1.76. The number of aromatic nitrogens is 1. The van der Waals surface area contributed by atoms with Gasteiger partial charge in [-0.1, -0.05) is 20.3 Å². The van der Waals surface area contributed by atoms with Gasteiger partial charge in [0.1, 0.15) is 0 Å². The Labute approximate surface area is 103 Å². The van der Waals surface area contributed by atoms with E-state index in [4.69, 9.17) is 0 Å². The van der Waals surface area contributed by atoms with Gasteiger partial charge in [0.25, 0.3) is 0 Å². The summed E-state index contributed by atoms with van der Waals surface area (Å²) in [6.07, 6.45) is 6.23. The first-order valence-corrected chi connectivity index (χ1v) is 7.28. The number of rotatable bonds is 8. The Balaban J connectivity index is 2.21. The molecular weight excluding hydrogens is 216 g/mol. The van der Waals surface area contributed by atoms with Crippen LogP contribution in [-0.2, 0) is 6.42 Å². The van der Waals surface area contributed by atoms with Crippen LogP contribution in [0.2, 0.25) is 0 Å². The molecular formula is C13H24N2S. The van der Waals surface area contributed by atoms with Crippen LogP contribution in [0, 0.1) is 6.92 Å². The predicted molar refractivity (Wildman–Crippen MR) is 72.2 cm³/mol. The van der Waals surface area contributed by atoms with E-state index in [1.54, 1.807) is 11.3 Å². The smallest absolute Gasteiger partial charge is 0.0897 e. The molecule has 92 valence electrons. The minimum atomic E-state index is 0.703. The molecule has 2 nitrogen and oxygen atoms in total. The van der Waals surface area contributed by atoms with Crippen molar-refractivity contribution in [1.82, 2.24) is 10.3 Å². The van der Waals surface area contributed by atoms with Gasteiger partial charge in [-0.2, -0.15) is 0 Å². The molecule has 0 fully saturated rings. The second kappa shape index (κ2) is 7.80. The van der Waals surface area contributed by atoms with Gasteiger partial charge in [0.15, 0.2) is 0 Å². The highest BCUT2D eigenvalue weighted by Gasteiger charge is 2.06. The van der Waals surface area contributed by atoms with Crippen molar-refractivity contribution in [3.05, 3.63) is 16.1 Å². The molecule has 0 aliphatic heterocycles. The lowest BCUT2D eigenvalue weighted by Gasteiger charge is -2.16. The summed E-state index contributed by atoms with van der Waals surface area (Å²) < 4.78 is 0. The van der Waals surface area contributed by atoms with Crippen molar-refractivity contribution in [3.63, 3.8) is 0 Å². The summed E-state index contributed by atoms with van der Waals surface area (Å²) in [4.78, 5) is 4.50. The molecule has 0 aliphatic carbocycles. The summed E-state index contributed by atoms with van der Waals surface area (Å²) in [6, 6.07) is 0.703. The van der Waals surface area contributed by atoms with E-state index in [0.29, 0.717) is 6.04 Å². The van der Waals surface area contributed by atoms with Gasteiger partial charge in [-0.05, 0) is 39.2 Å². The summed E-state index contributed by atoms with van der Waals surface area (Å²) in [5.41, 5.74) is 1.27. The number of aryl methyl sites for hydroxylation is 2. The molecule has 16 heavy (non-hydrogen) atoms. The zero-order valence-electron chi connectivity index (χ0n) is 10.8. The highest BCUT2D eigenvalue weighted by Crippen LogP contribution is 2.12.